The van der Waals surface area contributed by atoms with Gasteiger partial charge in [0.15, 0.2) is 0 Å². The molecule has 1 aromatic heterocycles. The number of H-pyrrole nitrogens is 1. The second-order valence-electron chi connectivity index (χ2n) is 4.91. The number of aromatic amines is 1. The third-order valence-electron chi connectivity index (χ3n) is 3.14. The first-order valence-electron chi connectivity index (χ1n) is 6.13. The fourth-order valence-corrected chi connectivity index (χ4v) is 2.50. The summed E-state index contributed by atoms with van der Waals surface area (Å²) in [4.78, 5) is 14.3. The van der Waals surface area contributed by atoms with Crippen LogP contribution in [0, 0.1) is 12.8 Å². The lowest BCUT2D eigenvalue weighted by molar-refractivity contribution is -0.131. The van der Waals surface area contributed by atoms with E-state index in [9.17, 15) is 4.79 Å². The summed E-state index contributed by atoms with van der Waals surface area (Å²) in [5.41, 5.74) is 3.67. The van der Waals surface area contributed by atoms with Gasteiger partial charge < -0.3 is 10.1 Å². The molecule has 2 rings (SSSR count). The van der Waals surface area contributed by atoms with E-state index in [-0.39, 0.29) is 5.92 Å². The highest BCUT2D eigenvalue weighted by Crippen LogP contribution is 2.34. The number of carbonyl (C=O) groups is 1. The maximum absolute atomic E-state index is 11.0. The SMILES string of the molecule is Cc1[nH]c2ccc(Cl)cc2c1/C(=C/C(=O)O)C(C)C. The first kappa shape index (κ1) is 13.7. The van der Waals surface area contributed by atoms with Crippen LogP contribution in [0.1, 0.15) is 25.1 Å². The number of hydrogen-bond donors (Lipinski definition) is 2. The Labute approximate surface area is 116 Å². The van der Waals surface area contributed by atoms with E-state index in [1.54, 1.807) is 0 Å². The van der Waals surface area contributed by atoms with E-state index >= 15 is 0 Å². The molecule has 0 amide bonds. The van der Waals surface area contributed by atoms with Crippen molar-refractivity contribution in [2.45, 2.75) is 20.8 Å². The van der Waals surface area contributed by atoms with E-state index in [2.05, 4.69) is 4.98 Å². The zero-order chi connectivity index (χ0) is 14.2. The molecule has 0 saturated carbocycles. The molecular formula is C15H16ClNO2. The number of carboxylic acids is 1. The number of fused-ring (bicyclic) bond motifs is 1. The molecule has 0 spiro atoms. The number of carboxylic acid groups (broad SMARTS) is 1. The van der Waals surface area contributed by atoms with E-state index in [4.69, 9.17) is 16.7 Å². The summed E-state index contributed by atoms with van der Waals surface area (Å²) in [6.45, 7) is 5.91. The summed E-state index contributed by atoms with van der Waals surface area (Å²) in [6.07, 6.45) is 1.28. The molecule has 1 heterocycles. The molecule has 2 N–H and O–H groups in total. The van der Waals surface area contributed by atoms with E-state index in [0.29, 0.717) is 5.02 Å². The van der Waals surface area contributed by atoms with Crippen LogP contribution in [-0.4, -0.2) is 16.1 Å². The fourth-order valence-electron chi connectivity index (χ4n) is 2.33. The zero-order valence-electron chi connectivity index (χ0n) is 11.1. The maximum atomic E-state index is 11.0. The van der Waals surface area contributed by atoms with Gasteiger partial charge in [-0.2, -0.15) is 0 Å². The maximum Gasteiger partial charge on any atom is 0.328 e. The Morgan fingerprint density at radius 3 is 2.68 bits per heavy atom. The number of aryl methyl sites for hydroxylation is 1. The number of allylic oxidation sites excluding steroid dienone is 1. The molecule has 0 aliphatic rings. The Kier molecular flexibility index (Phi) is 3.67. The summed E-state index contributed by atoms with van der Waals surface area (Å²) in [7, 11) is 0. The van der Waals surface area contributed by atoms with E-state index in [0.717, 1.165) is 27.7 Å². The van der Waals surface area contributed by atoms with Gasteiger partial charge in [0.05, 0.1) is 0 Å². The molecule has 0 unspecified atom stereocenters. The van der Waals surface area contributed by atoms with Crippen LogP contribution in [-0.2, 0) is 4.79 Å². The van der Waals surface area contributed by atoms with Crippen molar-refractivity contribution in [3.8, 4) is 0 Å². The Balaban J connectivity index is 2.75. The van der Waals surface area contributed by atoms with Gasteiger partial charge >= 0.3 is 5.97 Å². The molecule has 0 saturated heterocycles. The Hall–Kier alpha value is -1.74. The topological polar surface area (TPSA) is 53.1 Å². The second kappa shape index (κ2) is 5.10. The number of rotatable bonds is 3. The lowest BCUT2D eigenvalue weighted by Crippen LogP contribution is -1.99. The van der Waals surface area contributed by atoms with Gasteiger partial charge in [0.2, 0.25) is 0 Å². The summed E-state index contributed by atoms with van der Waals surface area (Å²) in [6, 6.07) is 5.60. The molecule has 19 heavy (non-hydrogen) atoms. The lowest BCUT2D eigenvalue weighted by Gasteiger charge is -2.11. The first-order valence-corrected chi connectivity index (χ1v) is 6.50. The van der Waals surface area contributed by atoms with Crippen LogP contribution in [0.3, 0.4) is 0 Å². The normalized spacial score (nSPS) is 12.4. The van der Waals surface area contributed by atoms with Gasteiger partial charge in [-0.1, -0.05) is 25.4 Å². The molecule has 0 fully saturated rings. The van der Waals surface area contributed by atoms with E-state index in [1.807, 2.05) is 39.0 Å². The standard InChI is InChI=1S/C15H16ClNO2/c1-8(2)11(7-14(18)19)15-9(3)17-13-5-4-10(16)6-12(13)15/h4-8,17H,1-3H3,(H,18,19)/b11-7+. The number of aliphatic carboxylic acids is 1. The van der Waals surface area contributed by atoms with Gasteiger partial charge in [0.1, 0.15) is 0 Å². The molecule has 4 heteroatoms. The van der Waals surface area contributed by atoms with Crippen LogP contribution in [0.2, 0.25) is 5.02 Å². The highest BCUT2D eigenvalue weighted by Gasteiger charge is 2.16. The summed E-state index contributed by atoms with van der Waals surface area (Å²) < 4.78 is 0. The second-order valence-corrected chi connectivity index (χ2v) is 5.34. The van der Waals surface area contributed by atoms with Gasteiger partial charge in [-0.05, 0) is 36.6 Å². The Bertz CT molecular complexity index is 668. The molecule has 0 bridgehead atoms. The molecule has 0 atom stereocenters. The molecule has 100 valence electrons. The van der Waals surface area contributed by atoms with Crippen molar-refractivity contribution in [3.63, 3.8) is 0 Å². The minimum absolute atomic E-state index is 0.118. The monoisotopic (exact) mass is 277 g/mol. The average molecular weight is 278 g/mol. The van der Waals surface area contributed by atoms with Crippen LogP contribution >= 0.6 is 11.6 Å². The third-order valence-corrected chi connectivity index (χ3v) is 3.37. The van der Waals surface area contributed by atoms with Crippen LogP contribution in [0.5, 0.6) is 0 Å². The predicted octanol–water partition coefficient (Wildman–Crippen LogP) is 4.25. The van der Waals surface area contributed by atoms with Crippen molar-refractivity contribution in [3.05, 3.63) is 40.6 Å². The lowest BCUT2D eigenvalue weighted by atomic mass is 9.92. The van der Waals surface area contributed by atoms with Crippen molar-refractivity contribution in [1.82, 2.24) is 4.98 Å². The number of benzene rings is 1. The molecule has 2 aromatic rings. The third kappa shape index (κ3) is 2.66. The molecule has 3 nitrogen and oxygen atoms in total. The summed E-state index contributed by atoms with van der Waals surface area (Å²) >= 11 is 6.04. The van der Waals surface area contributed by atoms with Crippen molar-refractivity contribution in [2.75, 3.05) is 0 Å². The van der Waals surface area contributed by atoms with Gasteiger partial charge in [-0.25, -0.2) is 4.79 Å². The van der Waals surface area contributed by atoms with Gasteiger partial charge in [-0.15, -0.1) is 0 Å². The number of halogens is 1. The highest BCUT2D eigenvalue weighted by molar-refractivity contribution is 6.31. The minimum atomic E-state index is -0.931. The van der Waals surface area contributed by atoms with Crippen LogP contribution in [0.4, 0.5) is 0 Å². The first-order chi connectivity index (χ1) is 8.90. The highest BCUT2D eigenvalue weighted by atomic mass is 35.5. The van der Waals surface area contributed by atoms with Gasteiger partial charge in [0, 0.05) is 33.3 Å². The van der Waals surface area contributed by atoms with Gasteiger partial charge in [-0.3, -0.25) is 0 Å². The summed E-state index contributed by atoms with van der Waals surface area (Å²) in [5, 5.41) is 10.6. The van der Waals surface area contributed by atoms with Gasteiger partial charge in [0.25, 0.3) is 0 Å². The Morgan fingerprint density at radius 2 is 2.11 bits per heavy atom. The van der Waals surface area contributed by atoms with Crippen molar-refractivity contribution in [1.29, 1.82) is 0 Å². The van der Waals surface area contributed by atoms with Crippen LogP contribution in [0.25, 0.3) is 16.5 Å². The molecular weight excluding hydrogens is 262 g/mol. The molecule has 1 aromatic carbocycles. The largest absolute Gasteiger partial charge is 0.478 e. The minimum Gasteiger partial charge on any atom is -0.478 e. The van der Waals surface area contributed by atoms with E-state index < -0.39 is 5.97 Å². The fraction of sp³-hybridized carbons (Fsp3) is 0.267. The van der Waals surface area contributed by atoms with Crippen molar-refractivity contribution in [2.24, 2.45) is 5.92 Å². The van der Waals surface area contributed by atoms with Crippen LogP contribution < -0.4 is 0 Å². The smallest absolute Gasteiger partial charge is 0.328 e. The molecule has 0 radical (unpaired) electrons. The average Bonchev–Trinajstić information content (AvgIpc) is 2.61. The van der Waals surface area contributed by atoms with Crippen molar-refractivity contribution >= 4 is 34.0 Å². The predicted molar refractivity (Wildman–Crippen MR) is 78.5 cm³/mol. The number of aromatic nitrogens is 1. The summed E-state index contributed by atoms with van der Waals surface area (Å²) in [5.74, 6) is -0.813. The zero-order valence-corrected chi connectivity index (χ0v) is 11.9. The molecule has 0 aliphatic carbocycles. The number of nitrogens with one attached hydrogen (secondary N) is 1. The van der Waals surface area contributed by atoms with E-state index in [1.165, 1.54) is 6.08 Å². The van der Waals surface area contributed by atoms with Crippen molar-refractivity contribution < 1.29 is 9.90 Å². The Morgan fingerprint density at radius 1 is 1.42 bits per heavy atom. The quantitative estimate of drug-likeness (QED) is 0.824. The number of hydrogen-bond acceptors (Lipinski definition) is 1. The van der Waals surface area contributed by atoms with Crippen LogP contribution in [0.15, 0.2) is 24.3 Å². The molecule has 0 aliphatic heterocycles.